The van der Waals surface area contributed by atoms with Crippen molar-refractivity contribution in [2.45, 2.75) is 39.7 Å². The van der Waals surface area contributed by atoms with Crippen molar-refractivity contribution in [1.82, 2.24) is 15.4 Å². The molecule has 0 aromatic carbocycles. The average Bonchev–Trinajstić information content (AvgIpc) is 3.00. The molecular formula is C14H23N3O2. The fourth-order valence-electron chi connectivity index (χ4n) is 2.53. The standard InChI is InChI=1S/C14H23N3O2/c1-10-13(11(2)19-16-10)9-17(3)14(18)5-4-12-6-7-15-8-12/h12,15H,4-9H2,1-3H3. The predicted octanol–water partition coefficient (Wildman–Crippen LogP) is 1.64. The van der Waals surface area contributed by atoms with E-state index in [0.29, 0.717) is 18.9 Å². The van der Waals surface area contributed by atoms with E-state index in [0.717, 1.165) is 36.5 Å². The van der Waals surface area contributed by atoms with Gasteiger partial charge >= 0.3 is 0 Å². The maximum atomic E-state index is 12.1. The molecule has 1 aromatic heterocycles. The lowest BCUT2D eigenvalue weighted by molar-refractivity contribution is -0.130. The molecule has 1 fully saturated rings. The van der Waals surface area contributed by atoms with Gasteiger partial charge in [-0.3, -0.25) is 4.79 Å². The average molecular weight is 265 g/mol. The summed E-state index contributed by atoms with van der Waals surface area (Å²) in [6.45, 7) is 6.53. The van der Waals surface area contributed by atoms with Gasteiger partial charge in [0.15, 0.2) is 0 Å². The molecule has 1 aliphatic heterocycles. The van der Waals surface area contributed by atoms with Gasteiger partial charge in [-0.1, -0.05) is 5.16 Å². The van der Waals surface area contributed by atoms with Crippen molar-refractivity contribution in [2.75, 3.05) is 20.1 Å². The molecule has 0 spiro atoms. The molecule has 5 heteroatoms. The first-order valence-electron chi connectivity index (χ1n) is 6.94. The molecule has 1 amide bonds. The Balaban J connectivity index is 1.82. The maximum absolute atomic E-state index is 12.1. The first-order chi connectivity index (χ1) is 9.08. The van der Waals surface area contributed by atoms with Crippen LogP contribution in [0.15, 0.2) is 4.52 Å². The molecule has 106 valence electrons. The summed E-state index contributed by atoms with van der Waals surface area (Å²) >= 11 is 0. The Morgan fingerprint density at radius 1 is 1.53 bits per heavy atom. The third-order valence-electron chi connectivity index (χ3n) is 3.93. The molecule has 5 nitrogen and oxygen atoms in total. The molecule has 1 atom stereocenters. The Hall–Kier alpha value is -1.36. The lowest BCUT2D eigenvalue weighted by Crippen LogP contribution is -2.27. The highest BCUT2D eigenvalue weighted by molar-refractivity contribution is 5.75. The fourth-order valence-corrected chi connectivity index (χ4v) is 2.53. The Labute approximate surface area is 114 Å². The SMILES string of the molecule is Cc1noc(C)c1CN(C)C(=O)CCC1CCNC1. The van der Waals surface area contributed by atoms with Crippen molar-refractivity contribution < 1.29 is 9.32 Å². The normalized spacial score (nSPS) is 18.8. The predicted molar refractivity (Wildman–Crippen MR) is 72.7 cm³/mol. The van der Waals surface area contributed by atoms with Gasteiger partial charge in [-0.2, -0.15) is 0 Å². The first kappa shape index (κ1) is 14.1. The second-order valence-corrected chi connectivity index (χ2v) is 5.45. The minimum Gasteiger partial charge on any atom is -0.361 e. The minimum absolute atomic E-state index is 0.201. The smallest absolute Gasteiger partial charge is 0.222 e. The van der Waals surface area contributed by atoms with Crippen LogP contribution in [-0.2, 0) is 11.3 Å². The van der Waals surface area contributed by atoms with Gasteiger partial charge in [-0.25, -0.2) is 0 Å². The summed E-state index contributed by atoms with van der Waals surface area (Å²) in [7, 11) is 1.85. The van der Waals surface area contributed by atoms with Gasteiger partial charge in [0.1, 0.15) is 5.76 Å². The van der Waals surface area contributed by atoms with Gasteiger partial charge in [0.05, 0.1) is 12.2 Å². The van der Waals surface area contributed by atoms with Crippen molar-refractivity contribution in [3.63, 3.8) is 0 Å². The molecule has 1 N–H and O–H groups in total. The van der Waals surface area contributed by atoms with Crippen molar-refractivity contribution >= 4 is 5.91 Å². The highest BCUT2D eigenvalue weighted by Gasteiger charge is 2.19. The van der Waals surface area contributed by atoms with Crippen molar-refractivity contribution in [3.8, 4) is 0 Å². The summed E-state index contributed by atoms with van der Waals surface area (Å²) in [5.41, 5.74) is 1.90. The highest BCUT2D eigenvalue weighted by atomic mass is 16.5. The van der Waals surface area contributed by atoms with Crippen LogP contribution in [0.4, 0.5) is 0 Å². The van der Waals surface area contributed by atoms with Crippen LogP contribution in [0.2, 0.25) is 0 Å². The zero-order chi connectivity index (χ0) is 13.8. The molecule has 1 saturated heterocycles. The number of carbonyl (C=O) groups is 1. The number of aromatic nitrogens is 1. The second-order valence-electron chi connectivity index (χ2n) is 5.45. The number of carbonyl (C=O) groups excluding carboxylic acids is 1. The molecule has 2 heterocycles. The van der Waals surface area contributed by atoms with Crippen LogP contribution in [0.5, 0.6) is 0 Å². The van der Waals surface area contributed by atoms with E-state index in [-0.39, 0.29) is 5.91 Å². The van der Waals surface area contributed by atoms with Crippen LogP contribution < -0.4 is 5.32 Å². The molecule has 19 heavy (non-hydrogen) atoms. The zero-order valence-electron chi connectivity index (χ0n) is 12.0. The summed E-state index contributed by atoms with van der Waals surface area (Å²) in [6, 6.07) is 0. The van der Waals surface area contributed by atoms with E-state index in [9.17, 15) is 4.79 Å². The molecule has 1 unspecified atom stereocenters. The second kappa shape index (κ2) is 6.19. The third-order valence-corrected chi connectivity index (χ3v) is 3.93. The topological polar surface area (TPSA) is 58.4 Å². The van der Waals surface area contributed by atoms with Crippen molar-refractivity contribution in [2.24, 2.45) is 5.92 Å². The number of nitrogens with zero attached hydrogens (tertiary/aromatic N) is 2. The van der Waals surface area contributed by atoms with E-state index < -0.39 is 0 Å². The first-order valence-corrected chi connectivity index (χ1v) is 6.94. The maximum Gasteiger partial charge on any atom is 0.222 e. The summed E-state index contributed by atoms with van der Waals surface area (Å²) in [4.78, 5) is 13.9. The van der Waals surface area contributed by atoms with E-state index in [1.165, 1.54) is 6.42 Å². The number of amides is 1. The largest absolute Gasteiger partial charge is 0.361 e. The molecule has 2 rings (SSSR count). The van der Waals surface area contributed by atoms with Gasteiger partial charge in [0.2, 0.25) is 5.91 Å². The van der Waals surface area contributed by atoms with E-state index in [4.69, 9.17) is 4.52 Å². The van der Waals surface area contributed by atoms with Gasteiger partial charge in [-0.15, -0.1) is 0 Å². The van der Waals surface area contributed by atoms with Crippen LogP contribution in [-0.4, -0.2) is 36.1 Å². The number of nitrogens with one attached hydrogen (secondary N) is 1. The molecule has 0 aliphatic carbocycles. The molecule has 0 bridgehead atoms. The Kier molecular flexibility index (Phi) is 4.58. The van der Waals surface area contributed by atoms with Crippen LogP contribution >= 0.6 is 0 Å². The Morgan fingerprint density at radius 3 is 2.89 bits per heavy atom. The zero-order valence-corrected chi connectivity index (χ0v) is 12.0. The van der Waals surface area contributed by atoms with Gasteiger partial charge < -0.3 is 14.7 Å². The number of hydrogen-bond donors (Lipinski definition) is 1. The van der Waals surface area contributed by atoms with Gasteiger partial charge in [-0.05, 0) is 45.7 Å². The Bertz CT molecular complexity index is 416. The van der Waals surface area contributed by atoms with E-state index >= 15 is 0 Å². The van der Waals surface area contributed by atoms with E-state index in [1.54, 1.807) is 4.90 Å². The molecule has 1 aliphatic rings. The molecular weight excluding hydrogens is 242 g/mol. The van der Waals surface area contributed by atoms with E-state index in [2.05, 4.69) is 10.5 Å². The van der Waals surface area contributed by atoms with Crippen LogP contribution in [0.25, 0.3) is 0 Å². The van der Waals surface area contributed by atoms with Crippen LogP contribution in [0.1, 0.15) is 36.3 Å². The quantitative estimate of drug-likeness (QED) is 0.879. The molecule has 1 aromatic rings. The molecule has 0 radical (unpaired) electrons. The number of aryl methyl sites for hydroxylation is 2. The monoisotopic (exact) mass is 265 g/mol. The van der Waals surface area contributed by atoms with Crippen molar-refractivity contribution in [3.05, 3.63) is 17.0 Å². The molecule has 0 saturated carbocycles. The van der Waals surface area contributed by atoms with Gasteiger partial charge in [0, 0.05) is 19.0 Å². The highest BCUT2D eigenvalue weighted by Crippen LogP contribution is 2.17. The summed E-state index contributed by atoms with van der Waals surface area (Å²) in [5, 5.41) is 7.25. The summed E-state index contributed by atoms with van der Waals surface area (Å²) in [5.74, 6) is 1.67. The minimum atomic E-state index is 0.201. The summed E-state index contributed by atoms with van der Waals surface area (Å²) in [6.07, 6.45) is 2.81. The Morgan fingerprint density at radius 2 is 2.32 bits per heavy atom. The van der Waals surface area contributed by atoms with Crippen LogP contribution in [0, 0.1) is 19.8 Å². The lowest BCUT2D eigenvalue weighted by Gasteiger charge is -2.18. The van der Waals surface area contributed by atoms with E-state index in [1.807, 2.05) is 20.9 Å². The number of rotatable bonds is 5. The third kappa shape index (κ3) is 3.56. The van der Waals surface area contributed by atoms with Crippen LogP contribution in [0.3, 0.4) is 0 Å². The lowest BCUT2D eigenvalue weighted by atomic mass is 10.0. The van der Waals surface area contributed by atoms with Gasteiger partial charge in [0.25, 0.3) is 0 Å². The van der Waals surface area contributed by atoms with Crippen molar-refractivity contribution in [1.29, 1.82) is 0 Å². The fraction of sp³-hybridized carbons (Fsp3) is 0.714. The summed E-state index contributed by atoms with van der Waals surface area (Å²) < 4.78 is 5.12. The number of hydrogen-bond acceptors (Lipinski definition) is 4.